The van der Waals surface area contributed by atoms with E-state index in [2.05, 4.69) is 4.90 Å². The molecule has 2 aliphatic rings. The van der Waals surface area contributed by atoms with Gasteiger partial charge in [-0.2, -0.15) is 0 Å². The third-order valence-electron chi connectivity index (χ3n) is 4.92. The van der Waals surface area contributed by atoms with E-state index in [1.165, 1.54) is 0 Å². The van der Waals surface area contributed by atoms with Crippen LogP contribution in [0, 0.1) is 5.41 Å². The number of carbonyl (C=O) groups is 2. The first-order valence-electron chi connectivity index (χ1n) is 7.20. The number of likely N-dealkylation sites (tertiary alicyclic amines) is 1. The predicted molar refractivity (Wildman–Crippen MR) is 76.4 cm³/mol. The highest BCUT2D eigenvalue weighted by atomic mass is 16.2. The molecule has 20 heavy (non-hydrogen) atoms. The average Bonchev–Trinajstić information content (AvgIpc) is 2.74. The van der Waals surface area contributed by atoms with Crippen LogP contribution in [0.15, 0.2) is 24.3 Å². The third-order valence-corrected chi connectivity index (χ3v) is 4.92. The maximum Gasteiger partial charge on any atom is 0.233 e. The summed E-state index contributed by atoms with van der Waals surface area (Å²) in [6.45, 7) is 0.920. The number of primary amides is 1. The Morgan fingerprint density at radius 3 is 2.75 bits per heavy atom. The highest BCUT2D eigenvalue weighted by molar-refractivity contribution is 6.17. The summed E-state index contributed by atoms with van der Waals surface area (Å²) in [7, 11) is 1.99. The fraction of sp³-hybridized carbons (Fsp3) is 0.500. The molecule has 0 bridgehead atoms. The fourth-order valence-corrected chi connectivity index (χ4v) is 3.85. The van der Waals surface area contributed by atoms with Gasteiger partial charge in [0, 0.05) is 11.6 Å². The Balaban J connectivity index is 2.07. The van der Waals surface area contributed by atoms with Crippen molar-refractivity contribution in [2.24, 2.45) is 11.1 Å². The van der Waals surface area contributed by atoms with E-state index in [-0.39, 0.29) is 11.8 Å². The zero-order chi connectivity index (χ0) is 14.3. The van der Waals surface area contributed by atoms with Gasteiger partial charge in [-0.1, -0.05) is 30.7 Å². The van der Waals surface area contributed by atoms with Gasteiger partial charge in [0.25, 0.3) is 0 Å². The molecule has 1 aromatic rings. The van der Waals surface area contributed by atoms with Crippen LogP contribution in [0.5, 0.6) is 0 Å². The highest BCUT2D eigenvalue weighted by Crippen LogP contribution is 2.43. The molecule has 106 valence electrons. The lowest BCUT2D eigenvalue weighted by molar-refractivity contribution is -0.128. The van der Waals surface area contributed by atoms with Gasteiger partial charge in [0.1, 0.15) is 5.41 Å². The molecule has 2 N–H and O–H groups in total. The Labute approximate surface area is 118 Å². The number of carbonyl (C=O) groups excluding carboxylic acids is 2. The first-order chi connectivity index (χ1) is 9.57. The van der Waals surface area contributed by atoms with Gasteiger partial charge in [0.05, 0.1) is 0 Å². The molecular formula is C16H20N2O2. The summed E-state index contributed by atoms with van der Waals surface area (Å²) in [4.78, 5) is 27.2. The number of amides is 1. The standard InChI is InChI=1S/C16H20N2O2/c1-18-9-5-4-8-13(18)16(15(17)20)10-11-6-2-3-7-12(11)14(16)19/h2-3,6-7,13H,4-5,8-10H2,1H3,(H2,17,20). The molecule has 0 saturated carbocycles. The topological polar surface area (TPSA) is 63.4 Å². The van der Waals surface area contributed by atoms with E-state index in [0.29, 0.717) is 12.0 Å². The molecule has 3 rings (SSSR count). The second kappa shape index (κ2) is 4.70. The van der Waals surface area contributed by atoms with Crippen LogP contribution in [0.3, 0.4) is 0 Å². The maximum absolute atomic E-state index is 12.9. The van der Waals surface area contributed by atoms with Crippen LogP contribution in [0.1, 0.15) is 35.2 Å². The van der Waals surface area contributed by atoms with Gasteiger partial charge in [0.2, 0.25) is 5.91 Å². The lowest BCUT2D eigenvalue weighted by Crippen LogP contribution is -2.58. The van der Waals surface area contributed by atoms with Crippen LogP contribution in [-0.2, 0) is 11.2 Å². The molecule has 2 unspecified atom stereocenters. The van der Waals surface area contributed by atoms with Crippen LogP contribution in [0.25, 0.3) is 0 Å². The summed E-state index contributed by atoms with van der Waals surface area (Å²) in [5, 5.41) is 0. The predicted octanol–water partition coefficient (Wildman–Crippen LogP) is 1.38. The molecule has 1 fully saturated rings. The number of hydrogen-bond acceptors (Lipinski definition) is 3. The summed E-state index contributed by atoms with van der Waals surface area (Å²) in [5.41, 5.74) is 6.26. The second-order valence-electron chi connectivity index (χ2n) is 5.99. The van der Waals surface area contributed by atoms with Crippen molar-refractivity contribution in [2.45, 2.75) is 31.7 Å². The van der Waals surface area contributed by atoms with Gasteiger partial charge in [0.15, 0.2) is 5.78 Å². The minimum atomic E-state index is -1.07. The van der Waals surface area contributed by atoms with Crippen LogP contribution in [-0.4, -0.2) is 36.2 Å². The quantitative estimate of drug-likeness (QED) is 0.827. The molecule has 1 amide bonds. The van der Waals surface area contributed by atoms with Crippen LogP contribution >= 0.6 is 0 Å². The molecule has 2 atom stereocenters. The van der Waals surface area contributed by atoms with E-state index in [0.717, 1.165) is 31.4 Å². The summed E-state index contributed by atoms with van der Waals surface area (Å²) in [6, 6.07) is 7.42. The molecule has 0 spiro atoms. The van der Waals surface area contributed by atoms with E-state index >= 15 is 0 Å². The Morgan fingerprint density at radius 2 is 2.10 bits per heavy atom. The smallest absolute Gasteiger partial charge is 0.233 e. The van der Waals surface area contributed by atoms with Gasteiger partial charge in [-0.05, 0) is 38.4 Å². The van der Waals surface area contributed by atoms with Crippen LogP contribution in [0.4, 0.5) is 0 Å². The van der Waals surface area contributed by atoms with Crippen molar-refractivity contribution in [3.63, 3.8) is 0 Å². The Hall–Kier alpha value is -1.68. The van der Waals surface area contributed by atoms with Crippen LogP contribution in [0.2, 0.25) is 0 Å². The summed E-state index contributed by atoms with van der Waals surface area (Å²) >= 11 is 0. The normalized spacial score (nSPS) is 30.2. The molecule has 1 aromatic carbocycles. The molecule has 0 aromatic heterocycles. The minimum Gasteiger partial charge on any atom is -0.369 e. The first kappa shape index (κ1) is 13.3. The average molecular weight is 272 g/mol. The molecule has 1 aliphatic heterocycles. The number of fused-ring (bicyclic) bond motifs is 1. The monoisotopic (exact) mass is 272 g/mol. The Morgan fingerprint density at radius 1 is 1.35 bits per heavy atom. The van der Waals surface area contributed by atoms with E-state index < -0.39 is 11.3 Å². The number of piperidine rings is 1. The molecule has 4 nitrogen and oxygen atoms in total. The molecule has 1 aliphatic carbocycles. The van der Waals surface area contributed by atoms with Gasteiger partial charge in [-0.25, -0.2) is 0 Å². The highest BCUT2D eigenvalue weighted by Gasteiger charge is 2.56. The number of ketones is 1. The van der Waals surface area contributed by atoms with E-state index in [9.17, 15) is 9.59 Å². The van der Waals surface area contributed by atoms with E-state index in [1.54, 1.807) is 0 Å². The molecule has 4 heteroatoms. The molecular weight excluding hydrogens is 252 g/mol. The van der Waals surface area contributed by atoms with Crippen molar-refractivity contribution in [3.8, 4) is 0 Å². The van der Waals surface area contributed by atoms with E-state index in [4.69, 9.17) is 5.73 Å². The van der Waals surface area contributed by atoms with Gasteiger partial charge < -0.3 is 10.6 Å². The summed E-state index contributed by atoms with van der Waals surface area (Å²) in [5.74, 6) is -0.559. The second-order valence-corrected chi connectivity index (χ2v) is 5.99. The maximum atomic E-state index is 12.9. The molecule has 1 heterocycles. The molecule has 1 saturated heterocycles. The number of hydrogen-bond donors (Lipinski definition) is 1. The van der Waals surface area contributed by atoms with Crippen molar-refractivity contribution >= 4 is 11.7 Å². The zero-order valence-corrected chi connectivity index (χ0v) is 11.8. The number of benzene rings is 1. The van der Waals surface area contributed by atoms with Gasteiger partial charge in [-0.3, -0.25) is 9.59 Å². The number of rotatable bonds is 2. The summed E-state index contributed by atoms with van der Waals surface area (Å²) < 4.78 is 0. The van der Waals surface area contributed by atoms with Crippen LogP contribution < -0.4 is 5.73 Å². The van der Waals surface area contributed by atoms with Crippen molar-refractivity contribution < 1.29 is 9.59 Å². The number of nitrogens with two attached hydrogens (primary N) is 1. The lowest BCUT2D eigenvalue weighted by atomic mass is 9.72. The Kier molecular flexibility index (Phi) is 3.13. The van der Waals surface area contributed by atoms with Crippen molar-refractivity contribution in [1.82, 2.24) is 4.90 Å². The largest absolute Gasteiger partial charge is 0.369 e. The van der Waals surface area contributed by atoms with Crippen molar-refractivity contribution in [3.05, 3.63) is 35.4 Å². The summed E-state index contributed by atoms with van der Waals surface area (Å²) in [6.07, 6.45) is 3.47. The van der Waals surface area contributed by atoms with Gasteiger partial charge in [-0.15, -0.1) is 0 Å². The fourth-order valence-electron chi connectivity index (χ4n) is 3.85. The number of nitrogens with zero attached hydrogens (tertiary/aromatic N) is 1. The minimum absolute atomic E-state index is 0.0753. The Bertz CT molecular complexity index is 569. The van der Waals surface area contributed by atoms with Crippen molar-refractivity contribution in [2.75, 3.05) is 13.6 Å². The van der Waals surface area contributed by atoms with E-state index in [1.807, 2.05) is 31.3 Å². The molecule has 0 radical (unpaired) electrons. The third kappa shape index (κ3) is 1.71. The SMILES string of the molecule is CN1CCCCC1C1(C(N)=O)Cc2ccccc2C1=O. The van der Waals surface area contributed by atoms with Crippen molar-refractivity contribution in [1.29, 1.82) is 0 Å². The first-order valence-corrected chi connectivity index (χ1v) is 7.20. The number of Topliss-reactive ketones (excluding diaryl/α,β-unsaturated/α-hetero) is 1. The lowest BCUT2D eigenvalue weighted by Gasteiger charge is -2.42. The zero-order valence-electron chi connectivity index (χ0n) is 11.8. The van der Waals surface area contributed by atoms with Gasteiger partial charge >= 0.3 is 0 Å².